The van der Waals surface area contributed by atoms with Gasteiger partial charge in [0.1, 0.15) is 17.0 Å². The SMILES string of the molecule is Cc1c(C(=O)NCc2csc(Cc3ccccc3)n2)sc2ncnc(NC[C@H]3CCCO3)c12. The van der Waals surface area contributed by atoms with Gasteiger partial charge >= 0.3 is 0 Å². The standard InChI is InChI=1S/C24H25N5O2S2/c1-15-20-22(25-12-18-8-5-9-31-18)27-14-28-24(20)33-21(15)23(30)26-11-17-13-32-19(29-17)10-16-6-3-2-4-7-16/h2-4,6-7,13-14,18H,5,8-12H2,1H3,(H,26,30)(H,25,27,28)/t18-/m1/s1. The Kier molecular flexibility index (Phi) is 6.61. The van der Waals surface area contributed by atoms with Gasteiger partial charge in [-0.3, -0.25) is 4.79 Å². The van der Waals surface area contributed by atoms with E-state index in [1.54, 1.807) is 17.7 Å². The number of rotatable bonds is 8. The van der Waals surface area contributed by atoms with Gasteiger partial charge in [0.05, 0.1) is 33.6 Å². The molecule has 0 unspecified atom stereocenters. The normalized spacial score (nSPS) is 15.7. The average Bonchev–Trinajstić information content (AvgIpc) is 3.58. The van der Waals surface area contributed by atoms with E-state index in [9.17, 15) is 4.79 Å². The van der Waals surface area contributed by atoms with Crippen molar-refractivity contribution in [2.75, 3.05) is 18.5 Å². The minimum absolute atomic E-state index is 0.113. The van der Waals surface area contributed by atoms with Gasteiger partial charge in [0.2, 0.25) is 0 Å². The molecule has 33 heavy (non-hydrogen) atoms. The number of hydrogen-bond donors (Lipinski definition) is 2. The molecule has 7 nitrogen and oxygen atoms in total. The first-order valence-electron chi connectivity index (χ1n) is 11.0. The van der Waals surface area contributed by atoms with Crippen molar-refractivity contribution in [3.8, 4) is 0 Å². The molecule has 0 radical (unpaired) electrons. The maximum absolute atomic E-state index is 13.0. The van der Waals surface area contributed by atoms with Gasteiger partial charge in [-0.05, 0) is 30.9 Å². The molecule has 2 N–H and O–H groups in total. The number of hydrogen-bond acceptors (Lipinski definition) is 8. The summed E-state index contributed by atoms with van der Waals surface area (Å²) in [5, 5.41) is 10.4. The van der Waals surface area contributed by atoms with E-state index < -0.39 is 0 Å². The Balaban J connectivity index is 1.25. The number of benzene rings is 1. The van der Waals surface area contributed by atoms with Crippen LogP contribution in [0, 0.1) is 6.92 Å². The average molecular weight is 480 g/mol. The van der Waals surface area contributed by atoms with Crippen LogP contribution < -0.4 is 10.6 Å². The second-order valence-corrected chi connectivity index (χ2v) is 9.99. The van der Waals surface area contributed by atoms with E-state index in [1.165, 1.54) is 16.9 Å². The van der Waals surface area contributed by atoms with Crippen LogP contribution in [-0.4, -0.2) is 40.1 Å². The third-order valence-corrected chi connectivity index (χ3v) is 7.78. The zero-order valence-corrected chi connectivity index (χ0v) is 20.0. The summed E-state index contributed by atoms with van der Waals surface area (Å²) in [6.07, 6.45) is 4.71. The quantitative estimate of drug-likeness (QED) is 0.385. The van der Waals surface area contributed by atoms with Crippen LogP contribution in [0.4, 0.5) is 5.82 Å². The second-order valence-electron chi connectivity index (χ2n) is 8.05. The van der Waals surface area contributed by atoms with Gasteiger partial charge in [0.15, 0.2) is 0 Å². The van der Waals surface area contributed by atoms with Crippen LogP contribution in [0.1, 0.15) is 44.3 Å². The molecule has 1 aliphatic rings. The number of carbonyl (C=O) groups excluding carboxylic acids is 1. The van der Waals surface area contributed by atoms with Crippen molar-refractivity contribution in [3.05, 3.63) is 68.7 Å². The minimum Gasteiger partial charge on any atom is -0.376 e. The highest BCUT2D eigenvalue weighted by atomic mass is 32.1. The highest BCUT2D eigenvalue weighted by Gasteiger charge is 2.21. The number of fused-ring (bicyclic) bond motifs is 1. The predicted molar refractivity (Wildman–Crippen MR) is 132 cm³/mol. The molecule has 0 bridgehead atoms. The molecule has 0 spiro atoms. The molecular weight excluding hydrogens is 454 g/mol. The number of anilines is 1. The summed E-state index contributed by atoms with van der Waals surface area (Å²) >= 11 is 3.01. The minimum atomic E-state index is -0.113. The molecule has 4 heterocycles. The molecule has 1 atom stereocenters. The van der Waals surface area contributed by atoms with Crippen LogP contribution in [0.2, 0.25) is 0 Å². The smallest absolute Gasteiger partial charge is 0.262 e. The van der Waals surface area contributed by atoms with E-state index in [2.05, 4.69) is 37.7 Å². The van der Waals surface area contributed by atoms with Crippen LogP contribution in [0.3, 0.4) is 0 Å². The lowest BCUT2D eigenvalue weighted by Gasteiger charge is -2.12. The van der Waals surface area contributed by atoms with E-state index in [1.807, 2.05) is 30.5 Å². The zero-order chi connectivity index (χ0) is 22.6. The van der Waals surface area contributed by atoms with Gasteiger partial charge in [-0.15, -0.1) is 22.7 Å². The van der Waals surface area contributed by atoms with E-state index in [0.717, 1.165) is 58.2 Å². The van der Waals surface area contributed by atoms with Crippen molar-refractivity contribution < 1.29 is 9.53 Å². The third-order valence-electron chi connectivity index (χ3n) is 5.68. The number of carbonyl (C=O) groups is 1. The van der Waals surface area contributed by atoms with E-state index in [4.69, 9.17) is 4.74 Å². The number of nitrogens with zero attached hydrogens (tertiary/aromatic N) is 3. The third kappa shape index (κ3) is 5.05. The zero-order valence-electron chi connectivity index (χ0n) is 18.3. The van der Waals surface area contributed by atoms with Gasteiger partial charge in [-0.2, -0.15) is 0 Å². The molecule has 5 rings (SSSR count). The van der Waals surface area contributed by atoms with Crippen LogP contribution >= 0.6 is 22.7 Å². The summed E-state index contributed by atoms with van der Waals surface area (Å²) in [6.45, 7) is 3.88. The Hall–Kier alpha value is -2.88. The molecule has 1 aromatic carbocycles. The first-order valence-corrected chi connectivity index (χ1v) is 12.7. The summed E-state index contributed by atoms with van der Waals surface area (Å²) < 4.78 is 5.70. The Morgan fingerprint density at radius 3 is 2.94 bits per heavy atom. The predicted octanol–water partition coefficient (Wildman–Crippen LogP) is 4.57. The molecule has 0 saturated carbocycles. The number of amides is 1. The molecule has 9 heteroatoms. The Morgan fingerprint density at radius 2 is 2.12 bits per heavy atom. The highest BCUT2D eigenvalue weighted by molar-refractivity contribution is 7.20. The van der Waals surface area contributed by atoms with E-state index >= 15 is 0 Å². The number of ether oxygens (including phenoxy) is 1. The summed E-state index contributed by atoms with van der Waals surface area (Å²) in [5.74, 6) is 0.645. The topological polar surface area (TPSA) is 89.0 Å². The molecule has 0 aliphatic carbocycles. The van der Waals surface area contributed by atoms with Crippen LogP contribution in [-0.2, 0) is 17.7 Å². The number of aromatic nitrogens is 3. The van der Waals surface area contributed by atoms with Crippen LogP contribution in [0.25, 0.3) is 10.2 Å². The molecular formula is C24H25N5O2S2. The summed E-state index contributed by atoms with van der Waals surface area (Å²) in [4.78, 5) is 27.9. The first kappa shape index (κ1) is 21.9. The van der Waals surface area contributed by atoms with E-state index in [0.29, 0.717) is 18.0 Å². The summed E-state index contributed by atoms with van der Waals surface area (Å²) in [5.41, 5.74) is 3.00. The number of thiophene rings is 1. The second kappa shape index (κ2) is 9.94. The molecule has 1 fully saturated rings. The lowest BCUT2D eigenvalue weighted by Crippen LogP contribution is -2.22. The monoisotopic (exact) mass is 479 g/mol. The fourth-order valence-electron chi connectivity index (χ4n) is 3.97. The molecule has 4 aromatic rings. The van der Waals surface area contributed by atoms with Gasteiger partial charge in [0, 0.05) is 25.0 Å². The van der Waals surface area contributed by atoms with Crippen molar-refractivity contribution in [3.63, 3.8) is 0 Å². The molecule has 1 saturated heterocycles. The lowest BCUT2D eigenvalue weighted by atomic mass is 10.2. The lowest BCUT2D eigenvalue weighted by molar-refractivity contribution is 0.0954. The van der Waals surface area contributed by atoms with Gasteiger partial charge in [-0.1, -0.05) is 30.3 Å². The van der Waals surface area contributed by atoms with Gasteiger partial charge in [-0.25, -0.2) is 15.0 Å². The Labute approximate surface area is 200 Å². The van der Waals surface area contributed by atoms with Crippen molar-refractivity contribution in [1.82, 2.24) is 20.3 Å². The fraction of sp³-hybridized carbons (Fsp3) is 0.333. The number of nitrogens with one attached hydrogen (secondary N) is 2. The molecule has 1 aliphatic heterocycles. The molecule has 3 aromatic heterocycles. The number of thiazole rings is 1. The van der Waals surface area contributed by atoms with Crippen molar-refractivity contribution in [1.29, 1.82) is 0 Å². The van der Waals surface area contributed by atoms with E-state index in [-0.39, 0.29) is 12.0 Å². The fourth-order valence-corrected chi connectivity index (χ4v) is 5.86. The maximum atomic E-state index is 13.0. The van der Waals surface area contributed by atoms with Gasteiger partial charge in [0.25, 0.3) is 5.91 Å². The van der Waals surface area contributed by atoms with Gasteiger partial charge < -0.3 is 15.4 Å². The molecule has 170 valence electrons. The summed E-state index contributed by atoms with van der Waals surface area (Å²) in [7, 11) is 0. The van der Waals surface area contributed by atoms with Crippen molar-refractivity contribution in [2.24, 2.45) is 0 Å². The largest absolute Gasteiger partial charge is 0.376 e. The summed E-state index contributed by atoms with van der Waals surface area (Å²) in [6, 6.07) is 10.3. The van der Waals surface area contributed by atoms with Crippen molar-refractivity contribution in [2.45, 2.75) is 38.8 Å². The highest BCUT2D eigenvalue weighted by Crippen LogP contribution is 2.33. The first-order chi connectivity index (χ1) is 16.2. The number of aryl methyl sites for hydroxylation is 1. The molecule has 1 amide bonds. The van der Waals surface area contributed by atoms with Crippen LogP contribution in [0.15, 0.2) is 42.0 Å². The Morgan fingerprint density at radius 1 is 1.24 bits per heavy atom. The van der Waals surface area contributed by atoms with Crippen LogP contribution in [0.5, 0.6) is 0 Å². The Bertz CT molecular complexity index is 1250. The maximum Gasteiger partial charge on any atom is 0.262 e. The van der Waals surface area contributed by atoms with Crippen molar-refractivity contribution >= 4 is 44.6 Å².